The number of piperidine rings is 1. The molecule has 0 bridgehead atoms. The molecule has 3 aromatic rings. The first-order valence-corrected chi connectivity index (χ1v) is 10.3. The van der Waals surface area contributed by atoms with Crippen molar-refractivity contribution in [1.82, 2.24) is 24.4 Å². The third kappa shape index (κ3) is 3.98. The molecule has 1 amide bonds. The molecule has 1 saturated heterocycles. The molecule has 0 N–H and O–H groups in total. The Labute approximate surface area is 176 Å². The fourth-order valence-corrected chi connectivity index (χ4v) is 3.81. The summed E-state index contributed by atoms with van der Waals surface area (Å²) in [6.45, 7) is 6.87. The molecule has 0 unspecified atom stereocenters. The lowest BCUT2D eigenvalue weighted by atomic mass is 9.97. The topological polar surface area (TPSA) is 85.8 Å². The smallest absolute Gasteiger partial charge is 0.410 e. The summed E-state index contributed by atoms with van der Waals surface area (Å²) in [5, 5.41) is 4.16. The number of rotatable bonds is 2. The van der Waals surface area contributed by atoms with E-state index in [1.807, 2.05) is 43.5 Å². The zero-order valence-electron chi connectivity index (χ0n) is 16.1. The molecule has 0 aromatic carbocycles. The normalized spacial score (nSPS) is 15.9. The molecular formula is C19H22IN5O3. The van der Waals surface area contributed by atoms with Crippen molar-refractivity contribution in [2.24, 2.45) is 0 Å². The molecule has 0 radical (unpaired) electrons. The molecule has 3 aromatic heterocycles. The third-order valence-corrected chi connectivity index (χ3v) is 5.52. The van der Waals surface area contributed by atoms with E-state index in [4.69, 9.17) is 9.26 Å². The molecular weight excluding hydrogens is 473 g/mol. The van der Waals surface area contributed by atoms with Gasteiger partial charge in [0.25, 0.3) is 0 Å². The Morgan fingerprint density at radius 3 is 2.79 bits per heavy atom. The number of pyridine rings is 1. The van der Waals surface area contributed by atoms with Crippen molar-refractivity contribution in [3.63, 3.8) is 0 Å². The van der Waals surface area contributed by atoms with E-state index in [2.05, 4.69) is 37.7 Å². The Morgan fingerprint density at radius 1 is 1.32 bits per heavy atom. The van der Waals surface area contributed by atoms with Crippen molar-refractivity contribution < 1.29 is 14.1 Å². The number of hydrogen-bond donors (Lipinski definition) is 0. The van der Waals surface area contributed by atoms with Crippen molar-refractivity contribution in [2.45, 2.75) is 45.1 Å². The van der Waals surface area contributed by atoms with Crippen LogP contribution in [-0.2, 0) is 4.74 Å². The predicted molar refractivity (Wildman–Crippen MR) is 111 cm³/mol. The molecule has 0 spiro atoms. The number of fused-ring (bicyclic) bond motifs is 1. The van der Waals surface area contributed by atoms with E-state index < -0.39 is 5.60 Å². The van der Waals surface area contributed by atoms with E-state index in [0.29, 0.717) is 24.8 Å². The fraction of sp³-hybridized carbons (Fsp3) is 0.474. The highest BCUT2D eigenvalue weighted by molar-refractivity contribution is 14.1. The Balaban J connectivity index is 1.43. The number of aromatic nitrogens is 4. The number of nitrogens with zero attached hydrogens (tertiary/aromatic N) is 5. The van der Waals surface area contributed by atoms with Gasteiger partial charge in [-0.05, 0) is 68.3 Å². The van der Waals surface area contributed by atoms with Crippen LogP contribution in [0.1, 0.15) is 45.4 Å². The van der Waals surface area contributed by atoms with Gasteiger partial charge in [0.05, 0.1) is 5.52 Å². The minimum absolute atomic E-state index is 0.152. The zero-order chi connectivity index (χ0) is 19.9. The molecule has 28 heavy (non-hydrogen) atoms. The summed E-state index contributed by atoms with van der Waals surface area (Å²) in [6.07, 6.45) is 5.01. The molecule has 1 aliphatic heterocycles. The number of carbonyl (C=O) groups excluding carboxylic acids is 1. The number of hydrogen-bond acceptors (Lipinski definition) is 6. The maximum atomic E-state index is 12.2. The van der Waals surface area contributed by atoms with Crippen molar-refractivity contribution in [1.29, 1.82) is 0 Å². The number of carbonyl (C=O) groups is 1. The van der Waals surface area contributed by atoms with Crippen LogP contribution in [0.3, 0.4) is 0 Å². The summed E-state index contributed by atoms with van der Waals surface area (Å²) in [7, 11) is 0. The summed E-state index contributed by atoms with van der Waals surface area (Å²) < 4.78 is 13.9. The summed E-state index contributed by atoms with van der Waals surface area (Å²) in [5.74, 6) is 1.35. The molecule has 148 valence electrons. The van der Waals surface area contributed by atoms with Gasteiger partial charge in [0, 0.05) is 30.8 Å². The Hall–Kier alpha value is -2.17. The largest absolute Gasteiger partial charge is 0.444 e. The van der Waals surface area contributed by atoms with Gasteiger partial charge < -0.3 is 18.6 Å². The molecule has 1 aliphatic rings. The van der Waals surface area contributed by atoms with Crippen LogP contribution in [0.25, 0.3) is 16.9 Å². The predicted octanol–water partition coefficient (Wildman–Crippen LogP) is 4.10. The summed E-state index contributed by atoms with van der Waals surface area (Å²) in [5.41, 5.74) is 1.42. The van der Waals surface area contributed by atoms with Crippen LogP contribution in [0.15, 0.2) is 29.2 Å². The van der Waals surface area contributed by atoms with Crippen LogP contribution in [0.5, 0.6) is 0 Å². The van der Waals surface area contributed by atoms with Gasteiger partial charge in [-0.1, -0.05) is 5.16 Å². The zero-order valence-corrected chi connectivity index (χ0v) is 18.2. The van der Waals surface area contributed by atoms with Crippen molar-refractivity contribution >= 4 is 34.2 Å². The van der Waals surface area contributed by atoms with E-state index >= 15 is 0 Å². The van der Waals surface area contributed by atoms with E-state index in [9.17, 15) is 4.79 Å². The molecule has 1 fully saturated rings. The molecule has 9 heteroatoms. The molecule has 4 rings (SSSR count). The Morgan fingerprint density at radius 2 is 2.07 bits per heavy atom. The van der Waals surface area contributed by atoms with E-state index in [1.165, 1.54) is 0 Å². The lowest BCUT2D eigenvalue weighted by molar-refractivity contribution is 0.0198. The van der Waals surface area contributed by atoms with Gasteiger partial charge in [-0.3, -0.25) is 0 Å². The number of halogens is 1. The maximum absolute atomic E-state index is 12.2. The molecule has 0 atom stereocenters. The van der Waals surface area contributed by atoms with Gasteiger partial charge >= 0.3 is 6.09 Å². The van der Waals surface area contributed by atoms with Gasteiger partial charge in [-0.25, -0.2) is 9.78 Å². The van der Waals surface area contributed by atoms with Crippen molar-refractivity contribution in [3.05, 3.63) is 34.2 Å². The Kier molecular flexibility index (Phi) is 5.02. The summed E-state index contributed by atoms with van der Waals surface area (Å²) in [4.78, 5) is 22.9. The number of likely N-dealkylation sites (tertiary alicyclic amines) is 1. The van der Waals surface area contributed by atoms with Crippen LogP contribution >= 0.6 is 22.6 Å². The first-order valence-electron chi connectivity index (χ1n) is 9.24. The van der Waals surface area contributed by atoms with E-state index in [-0.39, 0.29) is 12.0 Å². The number of imidazole rings is 1. The second-order valence-electron chi connectivity index (χ2n) is 7.94. The van der Waals surface area contributed by atoms with Crippen LogP contribution in [0.4, 0.5) is 4.79 Å². The lowest BCUT2D eigenvalue weighted by Gasteiger charge is -2.32. The molecule has 4 heterocycles. The van der Waals surface area contributed by atoms with Gasteiger partial charge in [-0.15, -0.1) is 0 Å². The van der Waals surface area contributed by atoms with Crippen LogP contribution < -0.4 is 0 Å². The van der Waals surface area contributed by atoms with Gasteiger partial charge in [0.1, 0.15) is 15.6 Å². The SMILES string of the molecule is CC(C)(C)OC(=O)N1CCC(c2nc(-c3ccn4cnc(I)c4c3)no2)CC1. The van der Waals surface area contributed by atoms with Crippen molar-refractivity contribution in [2.75, 3.05) is 13.1 Å². The lowest BCUT2D eigenvalue weighted by Crippen LogP contribution is -2.41. The average Bonchev–Trinajstić information content (AvgIpc) is 3.28. The second-order valence-corrected chi connectivity index (χ2v) is 8.96. The van der Waals surface area contributed by atoms with Gasteiger partial charge in [-0.2, -0.15) is 4.98 Å². The van der Waals surface area contributed by atoms with Gasteiger partial charge in [0.2, 0.25) is 11.7 Å². The van der Waals surface area contributed by atoms with Crippen molar-refractivity contribution in [3.8, 4) is 11.4 Å². The monoisotopic (exact) mass is 495 g/mol. The third-order valence-electron chi connectivity index (χ3n) is 4.69. The molecule has 0 saturated carbocycles. The van der Waals surface area contributed by atoms with E-state index in [0.717, 1.165) is 27.6 Å². The minimum Gasteiger partial charge on any atom is -0.444 e. The fourth-order valence-electron chi connectivity index (χ4n) is 3.25. The maximum Gasteiger partial charge on any atom is 0.410 e. The number of ether oxygens (including phenoxy) is 1. The van der Waals surface area contributed by atoms with Gasteiger partial charge in [0.15, 0.2) is 0 Å². The standard InChI is InChI=1S/C19H22IN5O3/c1-19(2,3)27-18(26)24-7-4-12(5-8-24)17-22-16(23-28-17)13-6-9-25-11-21-15(20)14(25)10-13/h6,9-12H,4-5,7-8H2,1-3H3. The highest BCUT2D eigenvalue weighted by Gasteiger charge is 2.30. The Bertz CT molecular complexity index is 999. The van der Waals surface area contributed by atoms with Crippen LogP contribution in [0.2, 0.25) is 0 Å². The van der Waals surface area contributed by atoms with E-state index in [1.54, 1.807) is 11.2 Å². The molecule has 8 nitrogen and oxygen atoms in total. The summed E-state index contributed by atoms with van der Waals surface area (Å²) in [6, 6.07) is 3.96. The number of amides is 1. The molecule has 0 aliphatic carbocycles. The average molecular weight is 495 g/mol. The quantitative estimate of drug-likeness (QED) is 0.498. The highest BCUT2D eigenvalue weighted by Crippen LogP contribution is 2.29. The van der Waals surface area contributed by atoms with Crippen LogP contribution in [0, 0.1) is 3.70 Å². The minimum atomic E-state index is -0.482. The summed E-state index contributed by atoms with van der Waals surface area (Å²) >= 11 is 2.21. The van der Waals surface area contributed by atoms with Crippen LogP contribution in [-0.4, -0.2) is 49.2 Å². The first-order chi connectivity index (χ1) is 13.3. The first kappa shape index (κ1) is 19.2. The highest BCUT2D eigenvalue weighted by atomic mass is 127. The second kappa shape index (κ2) is 7.34.